The van der Waals surface area contributed by atoms with Gasteiger partial charge in [-0.2, -0.15) is 0 Å². The van der Waals surface area contributed by atoms with Crippen LogP contribution < -0.4 is 10.6 Å². The lowest BCUT2D eigenvalue weighted by atomic mass is 10.2. The van der Waals surface area contributed by atoms with Crippen molar-refractivity contribution in [1.82, 2.24) is 4.90 Å². The second-order valence-electron chi connectivity index (χ2n) is 4.93. The van der Waals surface area contributed by atoms with Crippen LogP contribution in [0.25, 0.3) is 0 Å². The minimum Gasteiger partial charge on any atom is -0.397 e. The number of rotatable bonds is 3. The molecule has 0 radical (unpaired) electrons. The number of nitrogens with zero attached hydrogens (tertiary/aromatic N) is 2. The van der Waals surface area contributed by atoms with Gasteiger partial charge in [-0.3, -0.25) is 4.79 Å². The smallest absolute Gasteiger partial charge is 0.245 e. The highest BCUT2D eigenvalue weighted by atomic mass is 79.9. The molecule has 1 unspecified atom stereocenters. The predicted octanol–water partition coefficient (Wildman–Crippen LogP) is 1.71. The molecule has 20 heavy (non-hydrogen) atoms. The van der Waals surface area contributed by atoms with Gasteiger partial charge in [-0.05, 0) is 25.1 Å². The number of ether oxygens (including phenoxy) is 1. The van der Waals surface area contributed by atoms with Gasteiger partial charge in [0.25, 0.3) is 0 Å². The summed E-state index contributed by atoms with van der Waals surface area (Å²) in [6.07, 6.45) is 0. The number of nitrogens with two attached hydrogens (primary N) is 1. The summed E-state index contributed by atoms with van der Waals surface area (Å²) in [5.74, 6) is 0.109. The number of likely N-dealkylation sites (N-methyl/N-ethyl adjacent to an activating group) is 1. The summed E-state index contributed by atoms with van der Waals surface area (Å²) in [5.41, 5.74) is 7.54. The third-order valence-corrected chi connectivity index (χ3v) is 4.12. The molecule has 2 N–H and O–H groups in total. The number of carbonyl (C=O) groups excluding carboxylic acids is 1. The Morgan fingerprint density at radius 2 is 2.10 bits per heavy atom. The molecule has 110 valence electrons. The Kier molecular flexibility index (Phi) is 4.88. The van der Waals surface area contributed by atoms with Gasteiger partial charge in [0.1, 0.15) is 6.04 Å². The summed E-state index contributed by atoms with van der Waals surface area (Å²) in [5, 5.41) is 0. The van der Waals surface area contributed by atoms with E-state index in [1.165, 1.54) is 0 Å². The zero-order chi connectivity index (χ0) is 14.7. The highest BCUT2D eigenvalue weighted by molar-refractivity contribution is 9.10. The van der Waals surface area contributed by atoms with Gasteiger partial charge in [-0.25, -0.2) is 0 Å². The van der Waals surface area contributed by atoms with Gasteiger partial charge in [-0.1, -0.05) is 15.9 Å². The summed E-state index contributed by atoms with van der Waals surface area (Å²) in [7, 11) is 1.89. The first-order valence-electron chi connectivity index (χ1n) is 6.65. The second-order valence-corrected chi connectivity index (χ2v) is 5.84. The van der Waals surface area contributed by atoms with Gasteiger partial charge in [0, 0.05) is 24.6 Å². The van der Waals surface area contributed by atoms with Crippen LogP contribution in [0.4, 0.5) is 11.4 Å². The number of hydrogen-bond acceptors (Lipinski definition) is 4. The van der Waals surface area contributed by atoms with E-state index in [0.29, 0.717) is 32.0 Å². The van der Waals surface area contributed by atoms with Crippen molar-refractivity contribution >= 4 is 33.2 Å². The third-order valence-electron chi connectivity index (χ3n) is 3.63. The summed E-state index contributed by atoms with van der Waals surface area (Å²) in [6.45, 7) is 4.45. The van der Waals surface area contributed by atoms with Crippen LogP contribution in [-0.2, 0) is 9.53 Å². The van der Waals surface area contributed by atoms with E-state index in [9.17, 15) is 4.79 Å². The minimum absolute atomic E-state index is 0.109. The van der Waals surface area contributed by atoms with Crippen LogP contribution in [0.3, 0.4) is 0 Å². The van der Waals surface area contributed by atoms with E-state index < -0.39 is 0 Å². The number of nitrogen functional groups attached to an aromatic ring is 1. The molecule has 1 atom stereocenters. The molecule has 0 saturated carbocycles. The van der Waals surface area contributed by atoms with E-state index in [2.05, 4.69) is 15.9 Å². The number of carbonyl (C=O) groups is 1. The number of anilines is 2. The first-order valence-corrected chi connectivity index (χ1v) is 7.44. The third kappa shape index (κ3) is 3.24. The van der Waals surface area contributed by atoms with Crippen LogP contribution in [-0.4, -0.2) is 50.2 Å². The molecule has 0 spiro atoms. The highest BCUT2D eigenvalue weighted by Crippen LogP contribution is 2.27. The molecule has 1 aliphatic rings. The zero-order valence-corrected chi connectivity index (χ0v) is 13.4. The lowest BCUT2D eigenvalue weighted by molar-refractivity contribution is -0.136. The van der Waals surface area contributed by atoms with Crippen molar-refractivity contribution in [3.63, 3.8) is 0 Å². The second kappa shape index (κ2) is 6.45. The molecule has 6 heteroatoms. The van der Waals surface area contributed by atoms with Crippen molar-refractivity contribution in [2.24, 2.45) is 0 Å². The summed E-state index contributed by atoms with van der Waals surface area (Å²) in [6, 6.07) is 5.44. The SMILES string of the molecule is CC(C(=O)N1CCOCC1)N(C)c1ccc(Br)cc1N. The Morgan fingerprint density at radius 1 is 1.45 bits per heavy atom. The van der Waals surface area contributed by atoms with Crippen molar-refractivity contribution in [3.05, 3.63) is 22.7 Å². The van der Waals surface area contributed by atoms with Gasteiger partial charge in [0.2, 0.25) is 5.91 Å². The molecule has 2 rings (SSSR count). The van der Waals surface area contributed by atoms with Crippen LogP contribution in [0.15, 0.2) is 22.7 Å². The molecule has 0 aliphatic carbocycles. The number of morpholine rings is 1. The van der Waals surface area contributed by atoms with Gasteiger partial charge in [0.05, 0.1) is 24.6 Å². The van der Waals surface area contributed by atoms with E-state index in [-0.39, 0.29) is 11.9 Å². The van der Waals surface area contributed by atoms with Crippen molar-refractivity contribution in [2.75, 3.05) is 44.0 Å². The molecule has 5 nitrogen and oxygen atoms in total. The summed E-state index contributed by atoms with van der Waals surface area (Å²) in [4.78, 5) is 16.2. The average molecular weight is 342 g/mol. The zero-order valence-electron chi connectivity index (χ0n) is 11.8. The molecule has 1 aromatic rings. The number of halogens is 1. The average Bonchev–Trinajstić information content (AvgIpc) is 2.46. The van der Waals surface area contributed by atoms with Crippen molar-refractivity contribution in [3.8, 4) is 0 Å². The van der Waals surface area contributed by atoms with Gasteiger partial charge < -0.3 is 20.3 Å². The fourth-order valence-corrected chi connectivity index (χ4v) is 2.65. The topological polar surface area (TPSA) is 58.8 Å². The normalized spacial score (nSPS) is 16.9. The van der Waals surface area contributed by atoms with Crippen LogP contribution in [0, 0.1) is 0 Å². The Hall–Kier alpha value is -1.27. The molecule has 1 fully saturated rings. The Balaban J connectivity index is 2.10. The van der Waals surface area contributed by atoms with E-state index in [1.807, 2.05) is 42.0 Å². The fraction of sp³-hybridized carbons (Fsp3) is 0.500. The maximum atomic E-state index is 12.5. The monoisotopic (exact) mass is 341 g/mol. The van der Waals surface area contributed by atoms with Crippen LogP contribution in [0.5, 0.6) is 0 Å². The maximum Gasteiger partial charge on any atom is 0.245 e. The van der Waals surface area contributed by atoms with Crippen LogP contribution in [0.1, 0.15) is 6.92 Å². The molecule has 1 saturated heterocycles. The molecular formula is C14H20BrN3O2. The fourth-order valence-electron chi connectivity index (χ4n) is 2.27. The van der Waals surface area contributed by atoms with E-state index in [4.69, 9.17) is 10.5 Å². The number of amides is 1. The van der Waals surface area contributed by atoms with Gasteiger partial charge in [0.15, 0.2) is 0 Å². The van der Waals surface area contributed by atoms with Gasteiger partial charge in [-0.15, -0.1) is 0 Å². The van der Waals surface area contributed by atoms with E-state index in [0.717, 1.165) is 10.2 Å². The lowest BCUT2D eigenvalue weighted by Gasteiger charge is -2.34. The van der Waals surface area contributed by atoms with Gasteiger partial charge >= 0.3 is 0 Å². The van der Waals surface area contributed by atoms with E-state index >= 15 is 0 Å². The van der Waals surface area contributed by atoms with Crippen LogP contribution >= 0.6 is 15.9 Å². The van der Waals surface area contributed by atoms with Crippen molar-refractivity contribution < 1.29 is 9.53 Å². The molecule has 0 bridgehead atoms. The Bertz CT molecular complexity index is 489. The number of hydrogen-bond donors (Lipinski definition) is 1. The molecule has 1 amide bonds. The molecular weight excluding hydrogens is 322 g/mol. The molecule has 1 aromatic carbocycles. The molecule has 0 aromatic heterocycles. The molecule has 1 heterocycles. The van der Waals surface area contributed by atoms with Crippen molar-refractivity contribution in [2.45, 2.75) is 13.0 Å². The first-order chi connectivity index (χ1) is 9.50. The van der Waals surface area contributed by atoms with E-state index in [1.54, 1.807) is 0 Å². The molecule has 1 aliphatic heterocycles. The predicted molar refractivity (Wildman–Crippen MR) is 83.8 cm³/mol. The summed E-state index contributed by atoms with van der Waals surface area (Å²) < 4.78 is 6.20. The van der Waals surface area contributed by atoms with Crippen LogP contribution in [0.2, 0.25) is 0 Å². The quantitative estimate of drug-likeness (QED) is 0.850. The van der Waals surface area contributed by atoms with Crippen molar-refractivity contribution in [1.29, 1.82) is 0 Å². The Morgan fingerprint density at radius 3 is 2.70 bits per heavy atom. The first kappa shape index (κ1) is 15.1. The number of benzene rings is 1. The standard InChI is InChI=1S/C14H20BrN3O2/c1-10(14(19)18-5-7-20-8-6-18)17(2)13-4-3-11(15)9-12(13)16/h3-4,9-10H,5-8,16H2,1-2H3. The largest absolute Gasteiger partial charge is 0.397 e. The lowest BCUT2D eigenvalue weighted by Crippen LogP contribution is -2.49. The minimum atomic E-state index is -0.253. The maximum absolute atomic E-state index is 12.5. The highest BCUT2D eigenvalue weighted by Gasteiger charge is 2.26. The summed E-state index contributed by atoms with van der Waals surface area (Å²) >= 11 is 3.39. The Labute approximate surface area is 127 Å².